The number of ether oxygens (including phenoxy) is 1. The smallest absolute Gasteiger partial charge is 0.337 e. The first-order chi connectivity index (χ1) is 8.76. The first-order valence-electron chi connectivity index (χ1n) is 5.42. The Kier molecular flexibility index (Phi) is 3.46. The van der Waals surface area contributed by atoms with Crippen molar-refractivity contribution in [3.63, 3.8) is 0 Å². The van der Waals surface area contributed by atoms with Crippen molar-refractivity contribution in [1.82, 2.24) is 5.53 Å². The minimum atomic E-state index is -0.626. The molecule has 0 saturated heterocycles. The van der Waals surface area contributed by atoms with Crippen LogP contribution in [0.25, 0.3) is 4.85 Å². The third-order valence-corrected chi connectivity index (χ3v) is 2.33. The fourth-order valence-corrected chi connectivity index (χ4v) is 1.53. The number of anilines is 2. The Morgan fingerprint density at radius 2 is 2.33 bits per heavy atom. The summed E-state index contributed by atoms with van der Waals surface area (Å²) in [7, 11) is 0. The summed E-state index contributed by atoms with van der Waals surface area (Å²) < 4.78 is 4.80. The lowest BCUT2D eigenvalue weighted by Crippen LogP contribution is -2.31. The molecular weight excluding hydrogens is 232 g/mol. The van der Waals surface area contributed by atoms with E-state index in [4.69, 9.17) is 11.3 Å². The fraction of sp³-hybridized carbons (Fsp3) is 0.167. The van der Waals surface area contributed by atoms with Crippen molar-refractivity contribution in [3.8, 4) is 0 Å². The number of rotatable bonds is 3. The van der Waals surface area contributed by atoms with Crippen LogP contribution in [0.4, 0.5) is 11.4 Å². The molecule has 18 heavy (non-hydrogen) atoms. The Morgan fingerprint density at radius 3 is 3.06 bits per heavy atom. The average Bonchev–Trinajstić information content (AvgIpc) is 2.79. The molecule has 6 nitrogen and oxygen atoms in total. The van der Waals surface area contributed by atoms with Crippen molar-refractivity contribution in [2.75, 3.05) is 17.0 Å². The van der Waals surface area contributed by atoms with Gasteiger partial charge in [-0.1, -0.05) is 12.1 Å². The van der Waals surface area contributed by atoms with E-state index in [0.29, 0.717) is 0 Å². The molecule has 0 aromatic heterocycles. The molecule has 0 fully saturated rings. The molecule has 1 aliphatic rings. The van der Waals surface area contributed by atoms with Crippen LogP contribution in [-0.2, 0) is 9.53 Å². The van der Waals surface area contributed by atoms with Gasteiger partial charge in [-0.3, -0.25) is 9.80 Å². The monoisotopic (exact) mass is 244 g/mol. The van der Waals surface area contributed by atoms with E-state index >= 15 is 0 Å². The van der Waals surface area contributed by atoms with Gasteiger partial charge in [0.2, 0.25) is 0 Å². The van der Waals surface area contributed by atoms with Gasteiger partial charge in [-0.05, 0) is 19.1 Å². The van der Waals surface area contributed by atoms with Gasteiger partial charge < -0.3 is 10.2 Å². The SMILES string of the molecule is [C-]#[N+]C(=CN1NNc2ccccc21)C(=O)OCC. The highest BCUT2D eigenvalue weighted by Crippen LogP contribution is 2.28. The maximum absolute atomic E-state index is 11.5. The number of fused-ring (bicyclic) bond motifs is 1. The van der Waals surface area contributed by atoms with Crippen molar-refractivity contribution >= 4 is 17.3 Å². The molecule has 0 unspecified atom stereocenters. The highest BCUT2D eigenvalue weighted by Gasteiger charge is 2.19. The fourth-order valence-electron chi connectivity index (χ4n) is 1.53. The van der Waals surface area contributed by atoms with Crippen molar-refractivity contribution in [1.29, 1.82) is 0 Å². The summed E-state index contributed by atoms with van der Waals surface area (Å²) in [6.07, 6.45) is 1.41. The number of nitrogens with one attached hydrogen (secondary N) is 2. The van der Waals surface area contributed by atoms with Crippen molar-refractivity contribution in [2.24, 2.45) is 0 Å². The van der Waals surface area contributed by atoms with E-state index in [1.807, 2.05) is 24.3 Å². The number of benzene rings is 1. The molecule has 1 heterocycles. The van der Waals surface area contributed by atoms with Crippen LogP contribution in [0.5, 0.6) is 0 Å². The highest BCUT2D eigenvalue weighted by molar-refractivity contribution is 5.91. The van der Waals surface area contributed by atoms with Gasteiger partial charge in [0.05, 0.1) is 24.6 Å². The van der Waals surface area contributed by atoms with E-state index in [9.17, 15) is 4.79 Å². The van der Waals surface area contributed by atoms with Crippen LogP contribution < -0.4 is 16.0 Å². The molecule has 0 aliphatic carbocycles. The van der Waals surface area contributed by atoms with E-state index in [0.717, 1.165) is 11.4 Å². The van der Waals surface area contributed by atoms with Crippen LogP contribution in [0, 0.1) is 6.57 Å². The first-order valence-corrected chi connectivity index (χ1v) is 5.42. The van der Waals surface area contributed by atoms with Gasteiger partial charge in [-0.15, -0.1) is 5.53 Å². The van der Waals surface area contributed by atoms with Crippen LogP contribution in [-0.4, -0.2) is 12.6 Å². The molecule has 92 valence electrons. The summed E-state index contributed by atoms with van der Waals surface area (Å²) in [5.41, 5.74) is 7.40. The molecule has 2 N–H and O–H groups in total. The Hall–Kier alpha value is -2.52. The summed E-state index contributed by atoms with van der Waals surface area (Å²) in [5, 5.41) is 1.57. The van der Waals surface area contributed by atoms with Gasteiger partial charge in [0.15, 0.2) is 0 Å². The maximum atomic E-state index is 11.5. The maximum Gasteiger partial charge on any atom is 0.337 e. The standard InChI is InChI=1S/C12H12N4O2/c1-3-18-12(17)10(13-2)8-16-11-7-5-4-6-9(11)14-15-16/h4-8,14-15H,3H2,1H3. The number of esters is 1. The number of para-hydroxylation sites is 2. The van der Waals surface area contributed by atoms with Crippen molar-refractivity contribution in [3.05, 3.63) is 47.6 Å². The van der Waals surface area contributed by atoms with E-state index < -0.39 is 5.97 Å². The summed E-state index contributed by atoms with van der Waals surface area (Å²) in [6, 6.07) is 7.52. The van der Waals surface area contributed by atoms with Crippen LogP contribution >= 0.6 is 0 Å². The number of hydrogen-bond donors (Lipinski definition) is 2. The van der Waals surface area contributed by atoms with Gasteiger partial charge in [-0.2, -0.15) is 0 Å². The van der Waals surface area contributed by atoms with Crippen molar-refractivity contribution < 1.29 is 9.53 Å². The third kappa shape index (κ3) is 2.26. The second-order valence-corrected chi connectivity index (χ2v) is 3.47. The lowest BCUT2D eigenvalue weighted by Gasteiger charge is -2.13. The zero-order valence-corrected chi connectivity index (χ0v) is 9.80. The summed E-state index contributed by atoms with van der Waals surface area (Å²) >= 11 is 0. The van der Waals surface area contributed by atoms with Gasteiger partial charge >= 0.3 is 5.97 Å². The predicted molar refractivity (Wildman–Crippen MR) is 67.0 cm³/mol. The van der Waals surface area contributed by atoms with Crippen LogP contribution in [0.1, 0.15) is 6.92 Å². The zero-order valence-electron chi connectivity index (χ0n) is 9.80. The summed E-state index contributed by atoms with van der Waals surface area (Å²) in [4.78, 5) is 14.7. The second kappa shape index (κ2) is 5.21. The Balaban J connectivity index is 2.24. The largest absolute Gasteiger partial charge is 0.471 e. The average molecular weight is 244 g/mol. The molecular formula is C12H12N4O2. The number of carbonyl (C=O) groups is 1. The quantitative estimate of drug-likeness (QED) is 0.481. The number of carbonyl (C=O) groups excluding carboxylic acids is 1. The lowest BCUT2D eigenvalue weighted by atomic mass is 10.3. The molecule has 0 saturated carbocycles. The molecule has 1 aromatic carbocycles. The molecule has 1 aliphatic heterocycles. The third-order valence-electron chi connectivity index (χ3n) is 2.33. The highest BCUT2D eigenvalue weighted by atomic mass is 16.5. The Morgan fingerprint density at radius 1 is 1.56 bits per heavy atom. The molecule has 0 atom stereocenters. The molecule has 1 aromatic rings. The number of hydrazine groups is 2. The molecule has 0 amide bonds. The van der Waals surface area contributed by atoms with E-state index in [1.165, 1.54) is 6.20 Å². The van der Waals surface area contributed by atoms with Crippen LogP contribution in [0.2, 0.25) is 0 Å². The van der Waals surface area contributed by atoms with Gasteiger partial charge in [0.25, 0.3) is 5.70 Å². The molecule has 6 heteroatoms. The minimum Gasteiger partial charge on any atom is -0.471 e. The van der Waals surface area contributed by atoms with Gasteiger partial charge in [0.1, 0.15) is 0 Å². The molecule has 2 rings (SSSR count). The zero-order chi connectivity index (χ0) is 13.0. The van der Waals surface area contributed by atoms with E-state index in [2.05, 4.69) is 15.8 Å². The minimum absolute atomic E-state index is 0.0807. The van der Waals surface area contributed by atoms with Crippen molar-refractivity contribution in [2.45, 2.75) is 6.92 Å². The molecule has 0 radical (unpaired) electrons. The second-order valence-electron chi connectivity index (χ2n) is 3.47. The first kappa shape index (κ1) is 12.0. The predicted octanol–water partition coefficient (Wildman–Crippen LogP) is 1.66. The number of hydrogen-bond acceptors (Lipinski definition) is 5. The van der Waals surface area contributed by atoms with Gasteiger partial charge in [0, 0.05) is 6.20 Å². The lowest BCUT2D eigenvalue weighted by molar-refractivity contribution is -0.138. The van der Waals surface area contributed by atoms with Crippen LogP contribution in [0.3, 0.4) is 0 Å². The van der Waals surface area contributed by atoms with Crippen LogP contribution in [0.15, 0.2) is 36.2 Å². The Bertz CT molecular complexity index is 533. The molecule has 0 spiro atoms. The number of nitrogens with zero attached hydrogens (tertiary/aromatic N) is 2. The van der Waals surface area contributed by atoms with E-state index in [1.54, 1.807) is 11.9 Å². The topological polar surface area (TPSA) is 58.0 Å². The van der Waals surface area contributed by atoms with Gasteiger partial charge in [-0.25, -0.2) is 4.85 Å². The summed E-state index contributed by atoms with van der Waals surface area (Å²) in [6.45, 7) is 8.94. The molecule has 0 bridgehead atoms. The van der Waals surface area contributed by atoms with E-state index in [-0.39, 0.29) is 12.3 Å². The normalized spacial score (nSPS) is 13.6. The summed E-state index contributed by atoms with van der Waals surface area (Å²) in [5.74, 6) is -0.626. The Labute approximate surface area is 105 Å².